The summed E-state index contributed by atoms with van der Waals surface area (Å²) < 4.78 is 19.0. The van der Waals surface area contributed by atoms with Crippen molar-refractivity contribution in [2.75, 3.05) is 19.7 Å². The number of amides is 1. The van der Waals surface area contributed by atoms with E-state index < -0.39 is 17.8 Å². The Morgan fingerprint density at radius 2 is 2.08 bits per heavy atom. The fourth-order valence-electron chi connectivity index (χ4n) is 2.43. The summed E-state index contributed by atoms with van der Waals surface area (Å²) in [6, 6.07) is 11.2. The van der Waals surface area contributed by atoms with Crippen molar-refractivity contribution in [3.8, 4) is 5.75 Å². The Labute approximate surface area is 146 Å². The summed E-state index contributed by atoms with van der Waals surface area (Å²) in [7, 11) is 0. The van der Waals surface area contributed by atoms with Gasteiger partial charge in [-0.3, -0.25) is 4.79 Å². The predicted molar refractivity (Wildman–Crippen MR) is 94.0 cm³/mol. The quantitative estimate of drug-likeness (QED) is 0.641. The molecule has 0 heterocycles. The van der Waals surface area contributed by atoms with E-state index in [1.54, 1.807) is 6.07 Å². The Bertz CT molecular complexity index is 722. The molecule has 1 atom stereocenters. The van der Waals surface area contributed by atoms with Crippen LogP contribution in [0.15, 0.2) is 42.5 Å². The molecule has 1 amide bonds. The second kappa shape index (κ2) is 9.15. The fourth-order valence-corrected chi connectivity index (χ4v) is 2.43. The van der Waals surface area contributed by atoms with Gasteiger partial charge in [0.25, 0.3) is 5.91 Å². The molecule has 0 aliphatic carbocycles. The Kier molecular flexibility index (Phi) is 6.91. The Balaban J connectivity index is 2.05. The van der Waals surface area contributed by atoms with E-state index in [1.165, 1.54) is 12.1 Å². The van der Waals surface area contributed by atoms with Crippen LogP contribution in [0.2, 0.25) is 0 Å². The Hall–Kier alpha value is -2.44. The largest absolute Gasteiger partial charge is 0.493 e. The van der Waals surface area contributed by atoms with Crippen LogP contribution < -0.4 is 15.8 Å². The highest BCUT2D eigenvalue weighted by atomic mass is 19.1. The number of halogens is 1. The Morgan fingerprint density at radius 1 is 1.32 bits per heavy atom. The molecule has 0 saturated carbocycles. The molecule has 4 N–H and O–H groups in total. The smallest absolute Gasteiger partial charge is 0.255 e. The molecule has 0 aliphatic heterocycles. The molecule has 0 aliphatic rings. The lowest BCUT2D eigenvalue weighted by molar-refractivity contribution is 0.0911. The van der Waals surface area contributed by atoms with Crippen molar-refractivity contribution in [1.29, 1.82) is 0 Å². The third-order valence-corrected chi connectivity index (χ3v) is 3.80. The molecule has 25 heavy (non-hydrogen) atoms. The number of aryl methyl sites for hydroxylation is 1. The minimum atomic E-state index is -0.847. The standard InChI is InChI=1S/C19H23FN2O3/c1-13-5-2-3-6-15(13)17(23)12-22-19(24)16-11-14(20)7-8-18(16)25-10-4-9-21/h2-3,5-8,11,17,23H,4,9-10,12,21H2,1H3,(H,22,24)/t17-/m1/s1. The molecule has 2 aromatic rings. The topological polar surface area (TPSA) is 84.6 Å². The molecule has 2 aromatic carbocycles. The van der Waals surface area contributed by atoms with Crippen LogP contribution in [0.1, 0.15) is 34.0 Å². The van der Waals surface area contributed by atoms with Crippen molar-refractivity contribution >= 4 is 5.91 Å². The summed E-state index contributed by atoms with van der Waals surface area (Å²) in [5, 5.41) is 12.9. The molecule has 0 spiro atoms. The first-order chi connectivity index (χ1) is 12.0. The van der Waals surface area contributed by atoms with Crippen LogP contribution in [0.3, 0.4) is 0 Å². The molecule has 0 aromatic heterocycles. The van der Waals surface area contributed by atoms with E-state index >= 15 is 0 Å². The molecular formula is C19H23FN2O3. The van der Waals surface area contributed by atoms with Gasteiger partial charge in [-0.25, -0.2) is 4.39 Å². The lowest BCUT2D eigenvalue weighted by Gasteiger charge is -2.16. The van der Waals surface area contributed by atoms with Gasteiger partial charge >= 0.3 is 0 Å². The maximum atomic E-state index is 13.5. The zero-order valence-corrected chi connectivity index (χ0v) is 14.2. The van der Waals surface area contributed by atoms with Gasteiger partial charge in [0.2, 0.25) is 0 Å². The molecule has 0 fully saturated rings. The van der Waals surface area contributed by atoms with Crippen molar-refractivity contribution < 1.29 is 19.0 Å². The molecule has 0 radical (unpaired) electrons. The minimum absolute atomic E-state index is 0.0163. The van der Waals surface area contributed by atoms with Gasteiger partial charge in [0.05, 0.1) is 18.3 Å². The van der Waals surface area contributed by atoms with Crippen LogP contribution in [0.5, 0.6) is 5.75 Å². The van der Waals surface area contributed by atoms with Gasteiger partial charge in [0.15, 0.2) is 0 Å². The highest BCUT2D eigenvalue weighted by Gasteiger charge is 2.16. The second-order valence-electron chi connectivity index (χ2n) is 5.71. The number of nitrogens with one attached hydrogen (secondary N) is 1. The number of ether oxygens (including phenoxy) is 1. The summed E-state index contributed by atoms with van der Waals surface area (Å²) in [6.07, 6.45) is -0.218. The molecule has 0 saturated heterocycles. The van der Waals surface area contributed by atoms with E-state index in [1.807, 2.05) is 25.1 Å². The molecule has 0 bridgehead atoms. The van der Waals surface area contributed by atoms with E-state index in [2.05, 4.69) is 5.32 Å². The average Bonchev–Trinajstić information content (AvgIpc) is 2.61. The van der Waals surface area contributed by atoms with E-state index in [0.29, 0.717) is 19.6 Å². The second-order valence-corrected chi connectivity index (χ2v) is 5.71. The summed E-state index contributed by atoms with van der Waals surface area (Å²) in [5.41, 5.74) is 7.18. The summed E-state index contributed by atoms with van der Waals surface area (Å²) in [4.78, 5) is 12.4. The summed E-state index contributed by atoms with van der Waals surface area (Å²) in [6.45, 7) is 2.71. The van der Waals surface area contributed by atoms with Gasteiger partial charge in [-0.1, -0.05) is 24.3 Å². The first-order valence-electron chi connectivity index (χ1n) is 8.17. The van der Waals surface area contributed by atoms with Gasteiger partial charge in [-0.05, 0) is 49.2 Å². The Morgan fingerprint density at radius 3 is 2.80 bits per heavy atom. The van der Waals surface area contributed by atoms with Crippen LogP contribution in [0.4, 0.5) is 4.39 Å². The lowest BCUT2D eigenvalue weighted by atomic mass is 10.0. The van der Waals surface area contributed by atoms with Crippen molar-refractivity contribution in [3.63, 3.8) is 0 Å². The minimum Gasteiger partial charge on any atom is -0.493 e. The third kappa shape index (κ3) is 5.27. The maximum Gasteiger partial charge on any atom is 0.255 e. The number of aliphatic hydroxyl groups is 1. The molecule has 2 rings (SSSR count). The van der Waals surface area contributed by atoms with Crippen LogP contribution >= 0.6 is 0 Å². The SMILES string of the molecule is Cc1ccccc1[C@H](O)CNC(=O)c1cc(F)ccc1OCCCN. The first-order valence-corrected chi connectivity index (χ1v) is 8.17. The molecule has 6 heteroatoms. The monoisotopic (exact) mass is 346 g/mol. The molecule has 5 nitrogen and oxygen atoms in total. The fraction of sp³-hybridized carbons (Fsp3) is 0.316. The van der Waals surface area contributed by atoms with Crippen LogP contribution in [-0.2, 0) is 0 Å². The number of hydrogen-bond acceptors (Lipinski definition) is 4. The number of carbonyl (C=O) groups excluding carboxylic acids is 1. The summed E-state index contributed by atoms with van der Waals surface area (Å²) >= 11 is 0. The van der Waals surface area contributed by atoms with Gasteiger partial charge < -0.3 is 20.9 Å². The summed E-state index contributed by atoms with van der Waals surface area (Å²) in [5.74, 6) is -0.747. The average molecular weight is 346 g/mol. The zero-order valence-electron chi connectivity index (χ0n) is 14.2. The van der Waals surface area contributed by atoms with Crippen molar-refractivity contribution in [3.05, 3.63) is 65.0 Å². The number of hydrogen-bond donors (Lipinski definition) is 3. The van der Waals surface area contributed by atoms with Crippen LogP contribution in [0.25, 0.3) is 0 Å². The molecular weight excluding hydrogens is 323 g/mol. The van der Waals surface area contributed by atoms with Crippen LogP contribution in [-0.4, -0.2) is 30.7 Å². The van der Waals surface area contributed by atoms with Gasteiger partial charge in [-0.15, -0.1) is 0 Å². The molecule has 0 unspecified atom stereocenters. The van der Waals surface area contributed by atoms with Crippen molar-refractivity contribution in [1.82, 2.24) is 5.32 Å². The zero-order chi connectivity index (χ0) is 18.2. The third-order valence-electron chi connectivity index (χ3n) is 3.80. The van der Waals surface area contributed by atoms with Gasteiger partial charge in [0, 0.05) is 6.54 Å². The van der Waals surface area contributed by atoms with E-state index in [9.17, 15) is 14.3 Å². The number of benzene rings is 2. The predicted octanol–water partition coefficient (Wildman–Crippen LogP) is 2.33. The van der Waals surface area contributed by atoms with E-state index in [0.717, 1.165) is 17.2 Å². The van der Waals surface area contributed by atoms with E-state index in [4.69, 9.17) is 10.5 Å². The normalized spacial score (nSPS) is 11.8. The number of rotatable bonds is 8. The molecule has 134 valence electrons. The van der Waals surface area contributed by atoms with Crippen molar-refractivity contribution in [2.45, 2.75) is 19.4 Å². The highest BCUT2D eigenvalue weighted by Crippen LogP contribution is 2.21. The number of aliphatic hydroxyl groups excluding tert-OH is 1. The van der Waals surface area contributed by atoms with Crippen LogP contribution in [0, 0.1) is 12.7 Å². The van der Waals surface area contributed by atoms with Gasteiger partial charge in [-0.2, -0.15) is 0 Å². The lowest BCUT2D eigenvalue weighted by Crippen LogP contribution is -2.29. The van der Waals surface area contributed by atoms with Crippen molar-refractivity contribution in [2.24, 2.45) is 5.73 Å². The van der Waals surface area contributed by atoms with E-state index in [-0.39, 0.29) is 17.9 Å². The maximum absolute atomic E-state index is 13.5. The van der Waals surface area contributed by atoms with Gasteiger partial charge in [0.1, 0.15) is 11.6 Å². The number of nitrogens with two attached hydrogens (primary N) is 1. The highest BCUT2D eigenvalue weighted by molar-refractivity contribution is 5.96. The first kappa shape index (κ1) is 18.9. The number of carbonyl (C=O) groups is 1.